The SMILES string of the molecule is OCC(F)=Cc1ccccc1. The van der Waals surface area contributed by atoms with E-state index in [1.165, 1.54) is 6.08 Å². The minimum atomic E-state index is -0.533. The fourth-order valence-corrected chi connectivity index (χ4v) is 0.776. The molecule has 0 heterocycles. The van der Waals surface area contributed by atoms with Gasteiger partial charge in [0.25, 0.3) is 0 Å². The Balaban J connectivity index is 2.79. The summed E-state index contributed by atoms with van der Waals surface area (Å²) in [6.45, 7) is -0.533. The lowest BCUT2D eigenvalue weighted by Crippen LogP contribution is -1.81. The molecule has 0 saturated carbocycles. The summed E-state index contributed by atoms with van der Waals surface area (Å²) in [5, 5.41) is 8.35. The maximum Gasteiger partial charge on any atom is 0.126 e. The Labute approximate surface area is 64.8 Å². The molecule has 0 saturated heterocycles. The van der Waals surface area contributed by atoms with Gasteiger partial charge in [0.15, 0.2) is 0 Å². The molecule has 0 radical (unpaired) electrons. The van der Waals surface area contributed by atoms with Gasteiger partial charge < -0.3 is 5.11 Å². The first-order valence-electron chi connectivity index (χ1n) is 3.35. The van der Waals surface area contributed by atoms with Crippen molar-refractivity contribution in [3.8, 4) is 0 Å². The Morgan fingerprint density at radius 2 is 2.00 bits per heavy atom. The van der Waals surface area contributed by atoms with Crippen molar-refractivity contribution in [1.29, 1.82) is 0 Å². The monoisotopic (exact) mass is 152 g/mol. The van der Waals surface area contributed by atoms with Crippen molar-refractivity contribution >= 4 is 6.08 Å². The van der Waals surface area contributed by atoms with E-state index in [0.29, 0.717) is 0 Å². The maximum atomic E-state index is 12.4. The lowest BCUT2D eigenvalue weighted by Gasteiger charge is -1.91. The van der Waals surface area contributed by atoms with E-state index in [4.69, 9.17) is 5.11 Å². The summed E-state index contributed by atoms with van der Waals surface area (Å²) >= 11 is 0. The second-order valence-corrected chi connectivity index (χ2v) is 2.16. The maximum absolute atomic E-state index is 12.4. The van der Waals surface area contributed by atoms with E-state index in [9.17, 15) is 4.39 Å². The third kappa shape index (κ3) is 2.51. The van der Waals surface area contributed by atoms with Crippen molar-refractivity contribution in [2.75, 3.05) is 6.61 Å². The number of halogens is 1. The van der Waals surface area contributed by atoms with E-state index >= 15 is 0 Å². The molecule has 1 aromatic carbocycles. The van der Waals surface area contributed by atoms with Crippen LogP contribution >= 0.6 is 0 Å². The molecule has 1 N–H and O–H groups in total. The molecular formula is C9H9FO. The van der Waals surface area contributed by atoms with Crippen LogP contribution < -0.4 is 0 Å². The lowest BCUT2D eigenvalue weighted by molar-refractivity contribution is 0.300. The Morgan fingerprint density at radius 1 is 1.36 bits per heavy atom. The number of hydrogen-bond donors (Lipinski definition) is 1. The molecule has 0 aliphatic heterocycles. The van der Waals surface area contributed by atoms with Gasteiger partial charge in [0.1, 0.15) is 5.83 Å². The summed E-state index contributed by atoms with van der Waals surface area (Å²) in [5.41, 5.74) is 0.763. The molecule has 0 bridgehead atoms. The zero-order valence-corrected chi connectivity index (χ0v) is 6.00. The predicted molar refractivity (Wildman–Crippen MR) is 42.6 cm³/mol. The number of rotatable bonds is 2. The minimum Gasteiger partial charge on any atom is -0.389 e. The first-order chi connectivity index (χ1) is 5.33. The van der Waals surface area contributed by atoms with Gasteiger partial charge in [0, 0.05) is 0 Å². The Morgan fingerprint density at radius 3 is 2.55 bits per heavy atom. The van der Waals surface area contributed by atoms with Gasteiger partial charge >= 0.3 is 0 Å². The zero-order chi connectivity index (χ0) is 8.10. The third-order valence-electron chi connectivity index (χ3n) is 1.27. The number of aliphatic hydroxyl groups excluding tert-OH is 1. The van der Waals surface area contributed by atoms with Crippen LogP contribution in [0, 0.1) is 0 Å². The molecule has 1 rings (SSSR count). The molecule has 0 unspecified atom stereocenters. The van der Waals surface area contributed by atoms with Crippen LogP contribution in [0.4, 0.5) is 4.39 Å². The quantitative estimate of drug-likeness (QED) is 0.687. The van der Waals surface area contributed by atoms with Gasteiger partial charge in [-0.25, -0.2) is 4.39 Å². The van der Waals surface area contributed by atoms with E-state index in [2.05, 4.69) is 0 Å². The van der Waals surface area contributed by atoms with Crippen molar-refractivity contribution in [1.82, 2.24) is 0 Å². The lowest BCUT2D eigenvalue weighted by atomic mass is 10.2. The first-order valence-corrected chi connectivity index (χ1v) is 3.35. The molecule has 11 heavy (non-hydrogen) atoms. The van der Waals surface area contributed by atoms with Gasteiger partial charge in [-0.05, 0) is 11.6 Å². The predicted octanol–water partition coefficient (Wildman–Crippen LogP) is 1.99. The molecule has 58 valence electrons. The van der Waals surface area contributed by atoms with Gasteiger partial charge in [-0.3, -0.25) is 0 Å². The highest BCUT2D eigenvalue weighted by Gasteiger charge is 1.90. The normalized spacial score (nSPS) is 11.6. The van der Waals surface area contributed by atoms with Gasteiger partial charge in [-0.15, -0.1) is 0 Å². The van der Waals surface area contributed by atoms with Crippen molar-refractivity contribution in [3.63, 3.8) is 0 Å². The van der Waals surface area contributed by atoms with E-state index in [1.807, 2.05) is 18.2 Å². The van der Waals surface area contributed by atoms with Crippen LogP contribution in [0.3, 0.4) is 0 Å². The summed E-state index contributed by atoms with van der Waals surface area (Å²) in [6, 6.07) is 9.03. The van der Waals surface area contributed by atoms with Crippen LogP contribution in [-0.2, 0) is 0 Å². The van der Waals surface area contributed by atoms with Gasteiger partial charge in [0.05, 0.1) is 6.61 Å². The van der Waals surface area contributed by atoms with Crippen molar-refractivity contribution in [2.24, 2.45) is 0 Å². The van der Waals surface area contributed by atoms with E-state index in [0.717, 1.165) is 5.56 Å². The number of aliphatic hydroxyl groups is 1. The van der Waals surface area contributed by atoms with Crippen molar-refractivity contribution in [2.45, 2.75) is 0 Å². The number of benzene rings is 1. The van der Waals surface area contributed by atoms with Crippen LogP contribution in [0.5, 0.6) is 0 Å². The fourth-order valence-electron chi connectivity index (χ4n) is 0.776. The highest BCUT2D eigenvalue weighted by Crippen LogP contribution is 2.05. The summed E-state index contributed by atoms with van der Waals surface area (Å²) < 4.78 is 12.4. The van der Waals surface area contributed by atoms with Crippen LogP contribution in [0.15, 0.2) is 36.2 Å². The summed E-state index contributed by atoms with van der Waals surface area (Å²) in [6.07, 6.45) is 1.31. The summed E-state index contributed by atoms with van der Waals surface area (Å²) in [4.78, 5) is 0. The molecular weight excluding hydrogens is 143 g/mol. The van der Waals surface area contributed by atoms with Crippen molar-refractivity contribution < 1.29 is 9.50 Å². The van der Waals surface area contributed by atoms with Crippen LogP contribution in [0.1, 0.15) is 5.56 Å². The van der Waals surface area contributed by atoms with Gasteiger partial charge in [-0.2, -0.15) is 0 Å². The standard InChI is InChI=1S/C9H9FO/c10-9(7-11)6-8-4-2-1-3-5-8/h1-6,11H,7H2. The van der Waals surface area contributed by atoms with Crippen molar-refractivity contribution in [3.05, 3.63) is 41.7 Å². The fraction of sp³-hybridized carbons (Fsp3) is 0.111. The highest BCUT2D eigenvalue weighted by atomic mass is 19.1. The average Bonchev–Trinajstić information content (AvgIpc) is 2.06. The average molecular weight is 152 g/mol. The summed E-state index contributed by atoms with van der Waals surface area (Å²) in [7, 11) is 0. The van der Waals surface area contributed by atoms with E-state index < -0.39 is 12.4 Å². The molecule has 0 aliphatic rings. The van der Waals surface area contributed by atoms with Gasteiger partial charge in [0.2, 0.25) is 0 Å². The molecule has 2 heteroatoms. The Kier molecular flexibility index (Phi) is 2.81. The topological polar surface area (TPSA) is 20.2 Å². The van der Waals surface area contributed by atoms with E-state index in [1.54, 1.807) is 12.1 Å². The molecule has 1 aromatic rings. The van der Waals surface area contributed by atoms with Crippen LogP contribution in [0.25, 0.3) is 6.08 Å². The first kappa shape index (κ1) is 7.95. The minimum absolute atomic E-state index is 0.517. The Bertz CT molecular complexity index is 241. The number of hydrogen-bond acceptors (Lipinski definition) is 1. The second-order valence-electron chi connectivity index (χ2n) is 2.16. The molecule has 1 nitrogen and oxygen atoms in total. The molecule has 0 amide bonds. The zero-order valence-electron chi connectivity index (χ0n) is 6.00. The Hall–Kier alpha value is -1.15. The highest BCUT2D eigenvalue weighted by molar-refractivity contribution is 5.50. The second kappa shape index (κ2) is 3.88. The third-order valence-corrected chi connectivity index (χ3v) is 1.27. The smallest absolute Gasteiger partial charge is 0.126 e. The largest absolute Gasteiger partial charge is 0.389 e. The molecule has 0 fully saturated rings. The summed E-state index contributed by atoms with van der Waals surface area (Å²) in [5.74, 6) is -0.517. The molecule has 0 aliphatic carbocycles. The van der Waals surface area contributed by atoms with E-state index in [-0.39, 0.29) is 0 Å². The van der Waals surface area contributed by atoms with Gasteiger partial charge in [-0.1, -0.05) is 30.3 Å². The van der Waals surface area contributed by atoms with Crippen LogP contribution in [0.2, 0.25) is 0 Å². The van der Waals surface area contributed by atoms with Crippen LogP contribution in [-0.4, -0.2) is 11.7 Å². The molecule has 0 atom stereocenters. The molecule has 0 aromatic heterocycles. The molecule has 0 spiro atoms.